The van der Waals surface area contributed by atoms with Crippen molar-refractivity contribution in [2.75, 3.05) is 13.1 Å². The molecule has 2 aromatic rings. The van der Waals surface area contributed by atoms with Crippen LogP contribution in [0, 0.1) is 5.41 Å². The molecule has 32 heavy (non-hydrogen) atoms. The lowest BCUT2D eigenvalue weighted by atomic mass is 9.66. The van der Waals surface area contributed by atoms with Crippen LogP contribution in [0.3, 0.4) is 0 Å². The second-order valence-electron chi connectivity index (χ2n) is 9.82. The normalized spacial score (nSPS) is 20.7. The fourth-order valence-corrected chi connectivity index (χ4v) is 4.62. The Balaban J connectivity index is 1.69. The predicted molar refractivity (Wildman–Crippen MR) is 128 cm³/mol. The Morgan fingerprint density at radius 1 is 1.09 bits per heavy atom. The average molecular weight is 477 g/mol. The van der Waals surface area contributed by atoms with E-state index < -0.39 is 16.6 Å². The van der Waals surface area contributed by atoms with Gasteiger partial charge >= 0.3 is 0 Å². The van der Waals surface area contributed by atoms with E-state index in [-0.39, 0.29) is 18.2 Å². The molecule has 7 heteroatoms. The zero-order valence-corrected chi connectivity index (χ0v) is 20.4. The van der Waals surface area contributed by atoms with Crippen molar-refractivity contribution in [1.29, 1.82) is 0 Å². The third-order valence-corrected chi connectivity index (χ3v) is 7.02. The van der Waals surface area contributed by atoms with Gasteiger partial charge in [-0.2, -0.15) is 0 Å². The summed E-state index contributed by atoms with van der Waals surface area (Å²) in [5, 5.41) is 15.3. The molecule has 2 amide bonds. The second-order valence-corrected chi connectivity index (χ2v) is 10.6. The Labute approximate surface area is 199 Å². The molecule has 1 unspecified atom stereocenters. The molecule has 1 heterocycles. The van der Waals surface area contributed by atoms with Gasteiger partial charge in [0.2, 0.25) is 5.91 Å². The van der Waals surface area contributed by atoms with Crippen molar-refractivity contribution in [3.05, 3.63) is 69.7 Å². The van der Waals surface area contributed by atoms with Gasteiger partial charge < -0.3 is 15.3 Å². The molecule has 1 saturated heterocycles. The zero-order valence-electron chi connectivity index (χ0n) is 18.9. The summed E-state index contributed by atoms with van der Waals surface area (Å²) in [5.74, 6) is -0.274. The van der Waals surface area contributed by atoms with Gasteiger partial charge in [-0.3, -0.25) is 9.59 Å². The number of piperidine rings is 1. The highest BCUT2D eigenvalue weighted by atomic mass is 35.5. The first-order valence-corrected chi connectivity index (χ1v) is 11.4. The van der Waals surface area contributed by atoms with Crippen LogP contribution in [0.2, 0.25) is 10.0 Å². The fourth-order valence-electron chi connectivity index (χ4n) is 4.33. The Morgan fingerprint density at radius 2 is 1.75 bits per heavy atom. The fraction of sp³-hybridized carbons (Fsp3) is 0.440. The minimum Gasteiger partial charge on any atom is -0.384 e. The van der Waals surface area contributed by atoms with Crippen LogP contribution in [0.1, 0.15) is 56.5 Å². The molecule has 0 spiro atoms. The van der Waals surface area contributed by atoms with Crippen molar-refractivity contribution in [2.45, 2.75) is 51.7 Å². The number of nitrogens with zero attached hydrogens (tertiary/aromatic N) is 1. The summed E-state index contributed by atoms with van der Waals surface area (Å²) in [7, 11) is 0. The molecule has 0 aromatic heterocycles. The van der Waals surface area contributed by atoms with Gasteiger partial charge in [0.15, 0.2) is 0 Å². The molecule has 2 N–H and O–H groups in total. The molecule has 1 aliphatic heterocycles. The lowest BCUT2D eigenvalue weighted by Crippen LogP contribution is -2.58. The molecule has 5 nitrogen and oxygen atoms in total. The van der Waals surface area contributed by atoms with Crippen molar-refractivity contribution in [2.24, 2.45) is 5.41 Å². The quantitative estimate of drug-likeness (QED) is 0.634. The largest absolute Gasteiger partial charge is 0.384 e. The highest BCUT2D eigenvalue weighted by Crippen LogP contribution is 2.47. The topological polar surface area (TPSA) is 69.6 Å². The Hall–Kier alpha value is -2.08. The molecular formula is C25H30Cl2N2O3. The van der Waals surface area contributed by atoms with Crippen molar-refractivity contribution in [1.82, 2.24) is 10.2 Å². The van der Waals surface area contributed by atoms with E-state index in [1.54, 1.807) is 47.4 Å². The van der Waals surface area contributed by atoms with Gasteiger partial charge in [-0.1, -0.05) is 61.3 Å². The van der Waals surface area contributed by atoms with Crippen molar-refractivity contribution < 1.29 is 14.7 Å². The summed E-state index contributed by atoms with van der Waals surface area (Å²) in [5.41, 5.74) is -1.23. The van der Waals surface area contributed by atoms with Crippen LogP contribution in [-0.4, -0.2) is 40.4 Å². The first-order chi connectivity index (χ1) is 14.8. The lowest BCUT2D eigenvalue weighted by Gasteiger charge is -2.51. The van der Waals surface area contributed by atoms with E-state index in [0.717, 1.165) is 0 Å². The van der Waals surface area contributed by atoms with Crippen LogP contribution in [0.4, 0.5) is 0 Å². The first kappa shape index (κ1) is 24.6. The third kappa shape index (κ3) is 5.11. The summed E-state index contributed by atoms with van der Waals surface area (Å²) in [6, 6.07) is 14.1. The van der Waals surface area contributed by atoms with Crippen LogP contribution < -0.4 is 5.32 Å². The van der Waals surface area contributed by atoms with Gasteiger partial charge in [-0.15, -0.1) is 0 Å². The molecule has 1 aliphatic rings. The molecule has 0 radical (unpaired) electrons. The molecule has 172 valence electrons. The molecular weight excluding hydrogens is 447 g/mol. The number of likely N-dealkylation sites (tertiary alicyclic amines) is 1. The number of benzene rings is 2. The number of nitrogens with one attached hydrogen (secondary N) is 1. The number of hydrogen-bond donors (Lipinski definition) is 2. The Morgan fingerprint density at radius 3 is 2.34 bits per heavy atom. The Bertz CT molecular complexity index is 1010. The lowest BCUT2D eigenvalue weighted by molar-refractivity contribution is -0.154. The van der Waals surface area contributed by atoms with E-state index in [1.165, 1.54) is 0 Å². The zero-order chi connectivity index (χ0) is 23.7. The summed E-state index contributed by atoms with van der Waals surface area (Å²) in [6.07, 6.45) is 0.535. The molecule has 0 saturated carbocycles. The van der Waals surface area contributed by atoms with E-state index in [4.69, 9.17) is 23.2 Å². The third-order valence-electron chi connectivity index (χ3n) is 6.28. The van der Waals surface area contributed by atoms with Gasteiger partial charge in [0, 0.05) is 36.0 Å². The van der Waals surface area contributed by atoms with Crippen LogP contribution in [0.5, 0.6) is 0 Å². The summed E-state index contributed by atoms with van der Waals surface area (Å²) >= 11 is 12.2. The number of amides is 2. The van der Waals surface area contributed by atoms with Crippen LogP contribution in [-0.2, 0) is 10.4 Å². The van der Waals surface area contributed by atoms with Crippen LogP contribution in [0.15, 0.2) is 48.5 Å². The molecule has 1 fully saturated rings. The van der Waals surface area contributed by atoms with E-state index in [1.807, 2.05) is 33.8 Å². The highest BCUT2D eigenvalue weighted by Gasteiger charge is 2.50. The van der Waals surface area contributed by atoms with Gasteiger partial charge in [0.1, 0.15) is 0 Å². The predicted octanol–water partition coefficient (Wildman–Crippen LogP) is 5.04. The van der Waals surface area contributed by atoms with Crippen molar-refractivity contribution in [3.8, 4) is 0 Å². The number of aliphatic hydroxyl groups is 1. The maximum atomic E-state index is 13.1. The number of carbonyl (C=O) groups excluding carboxylic acids is 2. The maximum Gasteiger partial charge on any atom is 0.251 e. The van der Waals surface area contributed by atoms with Crippen molar-refractivity contribution >= 4 is 35.0 Å². The van der Waals surface area contributed by atoms with E-state index in [9.17, 15) is 14.7 Å². The van der Waals surface area contributed by atoms with Gasteiger partial charge in [-0.25, -0.2) is 0 Å². The number of rotatable bonds is 5. The molecule has 2 aromatic carbocycles. The highest BCUT2D eigenvalue weighted by molar-refractivity contribution is 6.42. The second kappa shape index (κ2) is 9.05. The van der Waals surface area contributed by atoms with Gasteiger partial charge in [0.05, 0.1) is 15.6 Å². The maximum absolute atomic E-state index is 13.1. The van der Waals surface area contributed by atoms with Crippen LogP contribution in [0.25, 0.3) is 0 Å². The number of hydrogen-bond acceptors (Lipinski definition) is 3. The molecule has 0 bridgehead atoms. The SMILES string of the molecule is CC(C)(CC(=O)N1CCC(O)(c2ccc(Cl)c(Cl)c2)C(C)(C)C1)NC(=O)c1ccccc1. The first-order valence-electron chi connectivity index (χ1n) is 10.7. The smallest absolute Gasteiger partial charge is 0.251 e. The number of carbonyl (C=O) groups is 2. The standard InChI is InChI=1S/C25H30Cl2N2O3/c1-23(2)16-29(13-12-25(23,32)18-10-11-19(26)20(27)14-18)21(30)15-24(3,4)28-22(31)17-8-6-5-7-9-17/h5-11,14,32H,12-13,15-16H2,1-4H3,(H,28,31). The van der Waals surface area contributed by atoms with Crippen molar-refractivity contribution in [3.63, 3.8) is 0 Å². The van der Waals surface area contributed by atoms with Crippen LogP contribution >= 0.6 is 23.2 Å². The van der Waals surface area contributed by atoms with Gasteiger partial charge in [0.25, 0.3) is 5.91 Å². The van der Waals surface area contributed by atoms with E-state index in [0.29, 0.717) is 40.7 Å². The Kier molecular flexibility index (Phi) is 6.94. The van der Waals surface area contributed by atoms with E-state index >= 15 is 0 Å². The summed E-state index contributed by atoms with van der Waals surface area (Å²) in [4.78, 5) is 27.4. The molecule has 1 atom stereocenters. The van der Waals surface area contributed by atoms with E-state index in [2.05, 4.69) is 5.32 Å². The number of halogens is 2. The average Bonchev–Trinajstić information content (AvgIpc) is 2.71. The minimum absolute atomic E-state index is 0.0624. The summed E-state index contributed by atoms with van der Waals surface area (Å²) < 4.78 is 0. The monoisotopic (exact) mass is 476 g/mol. The minimum atomic E-state index is -1.14. The summed E-state index contributed by atoms with van der Waals surface area (Å²) in [6.45, 7) is 8.35. The molecule has 0 aliphatic carbocycles. The van der Waals surface area contributed by atoms with Gasteiger partial charge in [-0.05, 0) is 50.1 Å². The molecule has 3 rings (SSSR count).